The van der Waals surface area contributed by atoms with E-state index in [4.69, 9.17) is 23.2 Å². The molecular weight excluding hydrogens is 181 g/mol. The second-order valence-corrected chi connectivity index (χ2v) is 2.57. The summed E-state index contributed by atoms with van der Waals surface area (Å²) >= 11 is 11.2. The van der Waals surface area contributed by atoms with Gasteiger partial charge in [0.25, 0.3) is 0 Å². The number of rotatable bonds is 0. The third-order valence-corrected chi connectivity index (χ3v) is 1.30. The average molecular weight is 192 g/mol. The molecule has 0 saturated heterocycles. The first-order chi connectivity index (χ1) is 5.18. The van der Waals surface area contributed by atoms with Crippen LogP contribution in [0.4, 0.5) is 0 Å². The summed E-state index contributed by atoms with van der Waals surface area (Å²) in [5.74, 6) is 0. The maximum Gasteiger partial charge on any atom is 0.130 e. The van der Waals surface area contributed by atoms with Gasteiger partial charge in [-0.1, -0.05) is 37.0 Å². The van der Waals surface area contributed by atoms with Crippen LogP contribution in [0.3, 0.4) is 0 Å². The molecule has 1 heterocycles. The first-order valence-electron chi connectivity index (χ1n) is 3.48. The lowest BCUT2D eigenvalue weighted by molar-refractivity contribution is 1.20. The van der Waals surface area contributed by atoms with Gasteiger partial charge in [-0.3, -0.25) is 0 Å². The Balaban J connectivity index is 0.000000461. The molecule has 1 aromatic heterocycles. The van der Waals surface area contributed by atoms with Crippen molar-refractivity contribution in [2.75, 3.05) is 0 Å². The Morgan fingerprint density at radius 1 is 1.18 bits per heavy atom. The molecular formula is C8H11Cl2N. The Labute approximate surface area is 77.4 Å². The smallest absolute Gasteiger partial charge is 0.130 e. The number of pyridine rings is 1. The van der Waals surface area contributed by atoms with Crippen molar-refractivity contribution in [1.82, 2.24) is 4.98 Å². The number of halogens is 2. The van der Waals surface area contributed by atoms with E-state index < -0.39 is 0 Å². The van der Waals surface area contributed by atoms with E-state index in [-0.39, 0.29) is 0 Å². The van der Waals surface area contributed by atoms with Gasteiger partial charge in [0, 0.05) is 10.7 Å². The van der Waals surface area contributed by atoms with Gasteiger partial charge in [-0.2, -0.15) is 0 Å². The molecule has 0 atom stereocenters. The predicted molar refractivity (Wildman–Crippen MR) is 50.3 cm³/mol. The van der Waals surface area contributed by atoms with Crippen LogP contribution in [0, 0.1) is 6.92 Å². The summed E-state index contributed by atoms with van der Waals surface area (Å²) in [6.07, 6.45) is 0. The fraction of sp³-hybridized carbons (Fsp3) is 0.375. The van der Waals surface area contributed by atoms with Crippen LogP contribution in [0.1, 0.15) is 19.5 Å². The van der Waals surface area contributed by atoms with Crippen LogP contribution in [-0.2, 0) is 0 Å². The molecule has 0 aliphatic heterocycles. The van der Waals surface area contributed by atoms with Gasteiger partial charge >= 0.3 is 0 Å². The summed E-state index contributed by atoms with van der Waals surface area (Å²) in [6.45, 7) is 5.84. The van der Waals surface area contributed by atoms with Crippen molar-refractivity contribution in [3.8, 4) is 0 Å². The molecule has 62 valence electrons. The zero-order valence-corrected chi connectivity index (χ0v) is 8.37. The maximum absolute atomic E-state index is 5.63. The van der Waals surface area contributed by atoms with Crippen LogP contribution in [0.5, 0.6) is 0 Å². The highest BCUT2D eigenvalue weighted by atomic mass is 35.5. The molecule has 0 radical (unpaired) electrons. The minimum atomic E-state index is 0.444. The van der Waals surface area contributed by atoms with Crippen LogP contribution >= 0.6 is 23.2 Å². The molecule has 0 spiro atoms. The molecule has 1 rings (SSSR count). The van der Waals surface area contributed by atoms with E-state index in [0.717, 1.165) is 5.69 Å². The Bertz CT molecular complexity index is 173. The van der Waals surface area contributed by atoms with Crippen LogP contribution < -0.4 is 0 Å². The highest BCUT2D eigenvalue weighted by Crippen LogP contribution is 2.14. The van der Waals surface area contributed by atoms with Crippen molar-refractivity contribution in [1.29, 1.82) is 0 Å². The topological polar surface area (TPSA) is 12.9 Å². The molecule has 0 amide bonds. The monoisotopic (exact) mass is 191 g/mol. The molecule has 3 heteroatoms. The summed E-state index contributed by atoms with van der Waals surface area (Å²) in [7, 11) is 0. The SMILES string of the molecule is CC.Cc1cc(Cl)cc(Cl)n1. The number of aryl methyl sites for hydroxylation is 1. The Kier molecular flexibility index (Phi) is 5.26. The average Bonchev–Trinajstić information content (AvgIpc) is 1.88. The summed E-state index contributed by atoms with van der Waals surface area (Å²) in [4.78, 5) is 3.92. The third kappa shape index (κ3) is 4.23. The molecule has 0 bridgehead atoms. The minimum absolute atomic E-state index is 0.444. The zero-order chi connectivity index (χ0) is 8.85. The molecule has 0 aliphatic carbocycles. The Morgan fingerprint density at radius 2 is 1.73 bits per heavy atom. The van der Waals surface area contributed by atoms with Gasteiger partial charge in [0.1, 0.15) is 5.15 Å². The van der Waals surface area contributed by atoms with E-state index in [9.17, 15) is 0 Å². The van der Waals surface area contributed by atoms with Gasteiger partial charge in [0.05, 0.1) is 0 Å². The van der Waals surface area contributed by atoms with Crippen molar-refractivity contribution >= 4 is 23.2 Å². The highest BCUT2D eigenvalue weighted by molar-refractivity contribution is 6.33. The fourth-order valence-electron chi connectivity index (χ4n) is 0.588. The van der Waals surface area contributed by atoms with E-state index >= 15 is 0 Å². The van der Waals surface area contributed by atoms with Crippen molar-refractivity contribution in [2.45, 2.75) is 20.8 Å². The van der Waals surface area contributed by atoms with Crippen molar-refractivity contribution in [3.05, 3.63) is 28.0 Å². The molecule has 0 saturated carbocycles. The first-order valence-corrected chi connectivity index (χ1v) is 4.24. The fourth-order valence-corrected chi connectivity index (χ4v) is 1.16. The van der Waals surface area contributed by atoms with Gasteiger partial charge in [-0.05, 0) is 19.1 Å². The molecule has 0 N–H and O–H groups in total. The largest absolute Gasteiger partial charge is 0.241 e. The second-order valence-electron chi connectivity index (χ2n) is 1.75. The van der Waals surface area contributed by atoms with E-state index in [2.05, 4.69) is 4.98 Å². The molecule has 0 aromatic carbocycles. The number of nitrogens with zero attached hydrogens (tertiary/aromatic N) is 1. The lowest BCUT2D eigenvalue weighted by atomic mass is 10.4. The summed E-state index contributed by atoms with van der Waals surface area (Å²) in [5.41, 5.74) is 0.840. The molecule has 11 heavy (non-hydrogen) atoms. The van der Waals surface area contributed by atoms with Crippen LogP contribution in [0.2, 0.25) is 10.2 Å². The Hall–Kier alpha value is -0.270. The van der Waals surface area contributed by atoms with Gasteiger partial charge in [0.15, 0.2) is 0 Å². The molecule has 1 nitrogen and oxygen atoms in total. The summed E-state index contributed by atoms with van der Waals surface area (Å²) in [5, 5.41) is 1.08. The lowest BCUT2D eigenvalue weighted by Gasteiger charge is -1.92. The minimum Gasteiger partial charge on any atom is -0.241 e. The van der Waals surface area contributed by atoms with Crippen molar-refractivity contribution < 1.29 is 0 Å². The van der Waals surface area contributed by atoms with E-state index in [1.165, 1.54) is 0 Å². The van der Waals surface area contributed by atoms with Crippen LogP contribution in [-0.4, -0.2) is 4.98 Å². The van der Waals surface area contributed by atoms with Crippen LogP contribution in [0.15, 0.2) is 12.1 Å². The quantitative estimate of drug-likeness (QED) is 0.570. The van der Waals surface area contributed by atoms with Gasteiger partial charge in [0.2, 0.25) is 0 Å². The molecule has 0 fully saturated rings. The van der Waals surface area contributed by atoms with Gasteiger partial charge < -0.3 is 0 Å². The molecule has 0 unspecified atom stereocenters. The van der Waals surface area contributed by atoms with Crippen LogP contribution in [0.25, 0.3) is 0 Å². The van der Waals surface area contributed by atoms with E-state index in [1.54, 1.807) is 12.1 Å². The second kappa shape index (κ2) is 5.39. The number of hydrogen-bond acceptors (Lipinski definition) is 1. The Morgan fingerprint density at radius 3 is 2.09 bits per heavy atom. The van der Waals surface area contributed by atoms with Gasteiger partial charge in [-0.15, -0.1) is 0 Å². The highest BCUT2D eigenvalue weighted by Gasteiger charge is 1.92. The predicted octanol–water partition coefficient (Wildman–Crippen LogP) is 3.72. The summed E-state index contributed by atoms with van der Waals surface area (Å²) in [6, 6.07) is 3.36. The number of aromatic nitrogens is 1. The van der Waals surface area contributed by atoms with E-state index in [0.29, 0.717) is 10.2 Å². The number of hydrogen-bond donors (Lipinski definition) is 0. The summed E-state index contributed by atoms with van der Waals surface area (Å²) < 4.78 is 0. The van der Waals surface area contributed by atoms with E-state index in [1.807, 2.05) is 20.8 Å². The zero-order valence-electron chi connectivity index (χ0n) is 6.86. The third-order valence-electron chi connectivity index (χ3n) is 0.887. The molecule has 0 aliphatic rings. The van der Waals surface area contributed by atoms with Crippen molar-refractivity contribution in [2.24, 2.45) is 0 Å². The lowest BCUT2D eigenvalue weighted by Crippen LogP contribution is -1.79. The van der Waals surface area contributed by atoms with Crippen molar-refractivity contribution in [3.63, 3.8) is 0 Å². The first kappa shape index (κ1) is 10.7. The molecule has 1 aromatic rings. The standard InChI is InChI=1S/C6H5Cl2N.C2H6/c1-4-2-5(7)3-6(8)9-4;1-2/h2-3H,1H3;1-2H3. The van der Waals surface area contributed by atoms with Gasteiger partial charge in [-0.25, -0.2) is 4.98 Å². The normalized spacial score (nSPS) is 8.45. The maximum atomic E-state index is 5.63.